The zero-order chi connectivity index (χ0) is 15.2. The fourth-order valence-corrected chi connectivity index (χ4v) is 2.01. The van der Waals surface area contributed by atoms with Gasteiger partial charge in [-0.3, -0.25) is 4.79 Å². The van der Waals surface area contributed by atoms with Gasteiger partial charge in [-0.15, -0.1) is 0 Å². The Bertz CT molecular complexity index is 666. The summed E-state index contributed by atoms with van der Waals surface area (Å²) in [4.78, 5) is 12.0. The molecule has 0 spiro atoms. The molecule has 0 amide bonds. The summed E-state index contributed by atoms with van der Waals surface area (Å²) in [6, 6.07) is 12.0. The van der Waals surface area contributed by atoms with E-state index >= 15 is 0 Å². The van der Waals surface area contributed by atoms with Crippen molar-refractivity contribution >= 4 is 34.7 Å². The molecule has 108 valence electrons. The molecule has 0 atom stereocenters. The molecule has 1 N–H and O–H groups in total. The van der Waals surface area contributed by atoms with Crippen LogP contribution in [0, 0.1) is 0 Å². The molecule has 0 saturated carbocycles. The van der Waals surface area contributed by atoms with Gasteiger partial charge in [-0.05, 0) is 42.5 Å². The lowest BCUT2D eigenvalue weighted by atomic mass is 10.1. The maximum atomic E-state index is 12.0. The maximum Gasteiger partial charge on any atom is 0.187 e. The summed E-state index contributed by atoms with van der Waals surface area (Å²) in [7, 11) is 1.58. The summed E-state index contributed by atoms with van der Waals surface area (Å²) in [5.41, 5.74) is 1.22. The Kier molecular flexibility index (Phi) is 5.26. The minimum Gasteiger partial charge on any atom is -0.497 e. The van der Waals surface area contributed by atoms with Crippen LogP contribution in [-0.2, 0) is 0 Å². The van der Waals surface area contributed by atoms with E-state index in [2.05, 4.69) is 5.32 Å². The van der Waals surface area contributed by atoms with E-state index in [0.29, 0.717) is 27.0 Å². The number of hydrogen-bond acceptors (Lipinski definition) is 3. The second-order valence-electron chi connectivity index (χ2n) is 4.19. The van der Waals surface area contributed by atoms with Gasteiger partial charge in [0, 0.05) is 22.9 Å². The highest BCUT2D eigenvalue weighted by atomic mass is 35.5. The molecule has 0 heterocycles. The molecule has 0 unspecified atom stereocenters. The largest absolute Gasteiger partial charge is 0.497 e. The Morgan fingerprint density at radius 1 is 1.14 bits per heavy atom. The summed E-state index contributed by atoms with van der Waals surface area (Å²) in [5, 5.41) is 4.03. The van der Waals surface area contributed by atoms with E-state index < -0.39 is 0 Å². The molecule has 21 heavy (non-hydrogen) atoms. The van der Waals surface area contributed by atoms with Crippen LogP contribution in [0.5, 0.6) is 5.75 Å². The number of carbonyl (C=O) groups is 1. The molecule has 0 aliphatic heterocycles. The summed E-state index contributed by atoms with van der Waals surface area (Å²) in [6.45, 7) is 0. The van der Waals surface area contributed by atoms with Crippen LogP contribution in [0.1, 0.15) is 10.4 Å². The number of allylic oxidation sites excluding steroid dienone is 1. The molecule has 0 fully saturated rings. The zero-order valence-electron chi connectivity index (χ0n) is 11.3. The van der Waals surface area contributed by atoms with Crippen LogP contribution in [-0.4, -0.2) is 12.9 Å². The zero-order valence-corrected chi connectivity index (χ0v) is 12.8. The van der Waals surface area contributed by atoms with Gasteiger partial charge in [-0.25, -0.2) is 0 Å². The first-order valence-electron chi connectivity index (χ1n) is 6.16. The maximum absolute atomic E-state index is 12.0. The van der Waals surface area contributed by atoms with E-state index in [0.717, 1.165) is 0 Å². The minimum absolute atomic E-state index is 0.122. The number of anilines is 1. The molecule has 0 aliphatic rings. The van der Waals surface area contributed by atoms with Gasteiger partial charge in [0.25, 0.3) is 0 Å². The number of methoxy groups -OCH3 is 1. The van der Waals surface area contributed by atoms with Gasteiger partial charge in [-0.1, -0.05) is 23.2 Å². The van der Waals surface area contributed by atoms with Crippen molar-refractivity contribution < 1.29 is 9.53 Å². The van der Waals surface area contributed by atoms with Crippen molar-refractivity contribution in [3.05, 3.63) is 70.3 Å². The average Bonchev–Trinajstić information content (AvgIpc) is 2.50. The third-order valence-corrected chi connectivity index (χ3v) is 3.34. The topological polar surface area (TPSA) is 38.3 Å². The molecular formula is C16H13Cl2NO2. The van der Waals surface area contributed by atoms with Crippen molar-refractivity contribution in [1.29, 1.82) is 0 Å². The third kappa shape index (κ3) is 4.25. The van der Waals surface area contributed by atoms with Crippen LogP contribution in [0.3, 0.4) is 0 Å². The second kappa shape index (κ2) is 7.16. The van der Waals surface area contributed by atoms with Crippen LogP contribution < -0.4 is 10.1 Å². The smallest absolute Gasteiger partial charge is 0.187 e. The Balaban J connectivity index is 2.03. The molecule has 2 aromatic carbocycles. The van der Waals surface area contributed by atoms with E-state index in [1.54, 1.807) is 49.6 Å². The number of ether oxygens (including phenoxy) is 1. The highest BCUT2D eigenvalue weighted by Gasteiger charge is 2.02. The van der Waals surface area contributed by atoms with E-state index in [1.165, 1.54) is 12.3 Å². The van der Waals surface area contributed by atoms with E-state index in [-0.39, 0.29) is 5.78 Å². The summed E-state index contributed by atoms with van der Waals surface area (Å²) in [5.74, 6) is 0.586. The van der Waals surface area contributed by atoms with Crippen molar-refractivity contribution in [3.63, 3.8) is 0 Å². The van der Waals surface area contributed by atoms with Crippen molar-refractivity contribution in [2.45, 2.75) is 0 Å². The number of halogens is 2. The second-order valence-corrected chi connectivity index (χ2v) is 5.04. The third-order valence-electron chi connectivity index (χ3n) is 2.78. The van der Waals surface area contributed by atoms with Gasteiger partial charge in [0.1, 0.15) is 5.75 Å². The molecule has 0 aromatic heterocycles. The first-order chi connectivity index (χ1) is 10.1. The van der Waals surface area contributed by atoms with Gasteiger partial charge in [0.2, 0.25) is 0 Å². The van der Waals surface area contributed by atoms with Crippen LogP contribution in [0.25, 0.3) is 0 Å². The Morgan fingerprint density at radius 2 is 1.86 bits per heavy atom. The van der Waals surface area contributed by atoms with Crippen molar-refractivity contribution in [1.82, 2.24) is 0 Å². The lowest BCUT2D eigenvalue weighted by Gasteiger charge is -2.04. The number of benzene rings is 2. The lowest BCUT2D eigenvalue weighted by molar-refractivity contribution is 0.104. The van der Waals surface area contributed by atoms with Crippen molar-refractivity contribution in [3.8, 4) is 5.75 Å². The predicted octanol–water partition coefficient (Wildman–Crippen LogP) is 4.81. The average molecular weight is 322 g/mol. The molecule has 0 radical (unpaired) electrons. The van der Waals surface area contributed by atoms with E-state index in [9.17, 15) is 4.79 Å². The number of rotatable bonds is 5. The highest BCUT2D eigenvalue weighted by molar-refractivity contribution is 6.35. The summed E-state index contributed by atoms with van der Waals surface area (Å²) >= 11 is 11.9. The molecule has 3 nitrogen and oxygen atoms in total. The lowest BCUT2D eigenvalue weighted by Crippen LogP contribution is -1.96. The fraction of sp³-hybridized carbons (Fsp3) is 0.0625. The fourth-order valence-electron chi connectivity index (χ4n) is 1.67. The Hall–Kier alpha value is -1.97. The minimum atomic E-state index is -0.122. The van der Waals surface area contributed by atoms with Crippen molar-refractivity contribution in [2.24, 2.45) is 0 Å². The number of hydrogen-bond donors (Lipinski definition) is 1. The SMILES string of the molecule is COc1ccc(C(=O)C=CNc2cc(Cl)ccc2Cl)cc1. The molecule has 0 saturated heterocycles. The number of nitrogens with one attached hydrogen (secondary N) is 1. The standard InChI is InChI=1S/C16H13Cl2NO2/c1-21-13-5-2-11(3-6-13)16(20)8-9-19-15-10-12(17)4-7-14(15)18/h2-10,19H,1H3. The molecule has 2 aromatic rings. The molecule has 5 heteroatoms. The summed E-state index contributed by atoms with van der Waals surface area (Å²) < 4.78 is 5.04. The summed E-state index contributed by atoms with van der Waals surface area (Å²) in [6.07, 6.45) is 2.96. The molecular weight excluding hydrogens is 309 g/mol. The predicted molar refractivity (Wildman–Crippen MR) is 86.5 cm³/mol. The Morgan fingerprint density at radius 3 is 2.52 bits per heavy atom. The molecule has 2 rings (SSSR count). The van der Waals surface area contributed by atoms with E-state index in [4.69, 9.17) is 27.9 Å². The van der Waals surface area contributed by atoms with Gasteiger partial charge >= 0.3 is 0 Å². The first kappa shape index (κ1) is 15.4. The van der Waals surface area contributed by atoms with Crippen LogP contribution in [0.2, 0.25) is 10.0 Å². The van der Waals surface area contributed by atoms with E-state index in [1.807, 2.05) is 0 Å². The molecule has 0 bridgehead atoms. The monoisotopic (exact) mass is 321 g/mol. The van der Waals surface area contributed by atoms with Gasteiger partial charge in [-0.2, -0.15) is 0 Å². The number of carbonyl (C=O) groups excluding carboxylic acids is 1. The van der Waals surface area contributed by atoms with Crippen LogP contribution in [0.15, 0.2) is 54.7 Å². The highest BCUT2D eigenvalue weighted by Crippen LogP contribution is 2.25. The quantitative estimate of drug-likeness (QED) is 0.634. The molecule has 0 aliphatic carbocycles. The van der Waals surface area contributed by atoms with Crippen LogP contribution >= 0.6 is 23.2 Å². The van der Waals surface area contributed by atoms with Gasteiger partial charge in [0.15, 0.2) is 5.78 Å². The van der Waals surface area contributed by atoms with Crippen LogP contribution in [0.4, 0.5) is 5.69 Å². The normalized spacial score (nSPS) is 10.6. The number of ketones is 1. The first-order valence-corrected chi connectivity index (χ1v) is 6.92. The van der Waals surface area contributed by atoms with Crippen molar-refractivity contribution in [2.75, 3.05) is 12.4 Å². The van der Waals surface area contributed by atoms with Gasteiger partial charge in [0.05, 0.1) is 17.8 Å². The van der Waals surface area contributed by atoms with Gasteiger partial charge < -0.3 is 10.1 Å². The Labute approximate surface area is 133 Å².